The van der Waals surface area contributed by atoms with Crippen LogP contribution in [-0.2, 0) is 10.0 Å². The second kappa shape index (κ2) is 4.46. The third kappa shape index (κ3) is 2.10. The molecule has 3 rings (SSSR count). The first kappa shape index (κ1) is 12.9. The van der Waals surface area contributed by atoms with Crippen LogP contribution in [0.15, 0.2) is 40.9 Å². The normalized spacial score (nSPS) is 11.8. The van der Waals surface area contributed by atoms with E-state index in [4.69, 9.17) is 5.73 Å². The number of aromatic nitrogens is 2. The van der Waals surface area contributed by atoms with Crippen molar-refractivity contribution in [2.75, 3.05) is 10.5 Å². The lowest BCUT2D eigenvalue weighted by Crippen LogP contribution is -2.16. The Morgan fingerprint density at radius 3 is 2.70 bits per heavy atom. The van der Waals surface area contributed by atoms with E-state index in [2.05, 4.69) is 9.71 Å². The van der Waals surface area contributed by atoms with Crippen molar-refractivity contribution in [3.8, 4) is 0 Å². The maximum atomic E-state index is 12.8. The molecule has 20 heavy (non-hydrogen) atoms. The zero-order valence-electron chi connectivity index (χ0n) is 9.95. The van der Waals surface area contributed by atoms with Gasteiger partial charge in [-0.05, 0) is 24.3 Å². The Kier molecular flexibility index (Phi) is 2.87. The second-order valence-electron chi connectivity index (χ2n) is 3.97. The van der Waals surface area contributed by atoms with E-state index in [1.54, 1.807) is 11.6 Å². The fourth-order valence-electron chi connectivity index (χ4n) is 1.77. The number of nitrogens with zero attached hydrogens (tertiary/aromatic N) is 2. The van der Waals surface area contributed by atoms with E-state index >= 15 is 0 Å². The maximum absolute atomic E-state index is 12.8. The highest BCUT2D eigenvalue weighted by atomic mass is 32.2. The van der Waals surface area contributed by atoms with E-state index in [1.807, 2.05) is 0 Å². The summed E-state index contributed by atoms with van der Waals surface area (Å²) >= 11 is 1.28. The van der Waals surface area contributed by atoms with Gasteiger partial charge >= 0.3 is 0 Å². The highest BCUT2D eigenvalue weighted by molar-refractivity contribution is 7.92. The zero-order chi connectivity index (χ0) is 14.3. The van der Waals surface area contributed by atoms with Crippen LogP contribution in [-0.4, -0.2) is 17.8 Å². The molecule has 2 aromatic heterocycles. The van der Waals surface area contributed by atoms with Gasteiger partial charge in [0.2, 0.25) is 5.03 Å². The molecule has 0 amide bonds. The van der Waals surface area contributed by atoms with E-state index in [9.17, 15) is 12.8 Å². The molecule has 6 nitrogen and oxygen atoms in total. The first-order chi connectivity index (χ1) is 9.47. The fraction of sp³-hybridized carbons (Fsp3) is 0. The van der Waals surface area contributed by atoms with Crippen molar-refractivity contribution in [1.29, 1.82) is 0 Å². The summed E-state index contributed by atoms with van der Waals surface area (Å²) < 4.78 is 41.2. The number of anilines is 2. The largest absolute Gasteiger partial charge is 0.381 e. The van der Waals surface area contributed by atoms with Gasteiger partial charge in [0, 0.05) is 17.3 Å². The van der Waals surface area contributed by atoms with Crippen molar-refractivity contribution in [3.63, 3.8) is 0 Å². The highest BCUT2D eigenvalue weighted by Gasteiger charge is 2.24. The van der Waals surface area contributed by atoms with E-state index in [0.717, 1.165) is 12.1 Å². The number of nitrogens with one attached hydrogen (secondary N) is 1. The Morgan fingerprint density at radius 1 is 1.30 bits per heavy atom. The van der Waals surface area contributed by atoms with E-state index < -0.39 is 15.8 Å². The third-order valence-electron chi connectivity index (χ3n) is 2.59. The number of sulfonamides is 1. The van der Waals surface area contributed by atoms with Crippen LogP contribution in [0.5, 0.6) is 0 Å². The molecule has 0 spiro atoms. The second-order valence-corrected chi connectivity index (χ2v) is 6.44. The number of thiazole rings is 1. The van der Waals surface area contributed by atoms with Crippen molar-refractivity contribution in [2.45, 2.75) is 5.03 Å². The van der Waals surface area contributed by atoms with Crippen LogP contribution < -0.4 is 10.5 Å². The molecular formula is C11H9FN4O2S2. The monoisotopic (exact) mass is 312 g/mol. The Balaban J connectivity index is 2.05. The van der Waals surface area contributed by atoms with Crippen LogP contribution in [0.25, 0.3) is 4.96 Å². The SMILES string of the molecule is Nc1nc2sccn2c1S(=O)(=O)Nc1ccc(F)cc1. The van der Waals surface area contributed by atoms with Crippen molar-refractivity contribution in [3.05, 3.63) is 41.7 Å². The van der Waals surface area contributed by atoms with Gasteiger partial charge in [-0.3, -0.25) is 9.12 Å². The summed E-state index contributed by atoms with van der Waals surface area (Å²) in [6.07, 6.45) is 1.57. The Hall–Kier alpha value is -2.13. The summed E-state index contributed by atoms with van der Waals surface area (Å²) in [6, 6.07) is 4.99. The van der Waals surface area contributed by atoms with Crippen LogP contribution in [0.1, 0.15) is 0 Å². The number of nitrogens with two attached hydrogens (primary N) is 1. The minimum atomic E-state index is -3.90. The molecule has 0 saturated carbocycles. The predicted molar refractivity (Wildman–Crippen MR) is 74.7 cm³/mol. The molecule has 3 N–H and O–H groups in total. The topological polar surface area (TPSA) is 89.5 Å². The van der Waals surface area contributed by atoms with Crippen molar-refractivity contribution < 1.29 is 12.8 Å². The number of halogens is 1. The Labute approximate surface area is 117 Å². The van der Waals surface area contributed by atoms with Gasteiger partial charge in [-0.2, -0.15) is 8.42 Å². The molecule has 0 saturated heterocycles. The van der Waals surface area contributed by atoms with E-state index in [-0.39, 0.29) is 16.5 Å². The molecular weight excluding hydrogens is 303 g/mol. The molecule has 0 radical (unpaired) electrons. The van der Waals surface area contributed by atoms with Gasteiger partial charge in [0.15, 0.2) is 10.8 Å². The van der Waals surface area contributed by atoms with Gasteiger partial charge in [-0.25, -0.2) is 9.37 Å². The van der Waals surface area contributed by atoms with Crippen molar-refractivity contribution in [2.24, 2.45) is 0 Å². The lowest BCUT2D eigenvalue weighted by molar-refractivity contribution is 0.597. The zero-order valence-corrected chi connectivity index (χ0v) is 11.6. The average molecular weight is 312 g/mol. The average Bonchev–Trinajstić information content (AvgIpc) is 2.91. The summed E-state index contributed by atoms with van der Waals surface area (Å²) in [7, 11) is -3.90. The lowest BCUT2D eigenvalue weighted by Gasteiger charge is -2.07. The van der Waals surface area contributed by atoms with Gasteiger partial charge in [0.05, 0.1) is 0 Å². The number of fused-ring (bicyclic) bond motifs is 1. The minimum Gasteiger partial charge on any atom is -0.381 e. The molecule has 0 aliphatic carbocycles. The molecule has 0 atom stereocenters. The van der Waals surface area contributed by atoms with E-state index in [0.29, 0.717) is 4.96 Å². The molecule has 3 aromatic rings. The van der Waals surface area contributed by atoms with E-state index in [1.165, 1.54) is 27.9 Å². The minimum absolute atomic E-state index is 0.0774. The van der Waals surface area contributed by atoms with Gasteiger partial charge in [-0.1, -0.05) is 0 Å². The van der Waals surface area contributed by atoms with Crippen molar-refractivity contribution in [1.82, 2.24) is 9.38 Å². The fourth-order valence-corrected chi connectivity index (χ4v) is 3.82. The first-order valence-electron chi connectivity index (χ1n) is 5.47. The molecule has 1 aromatic carbocycles. The third-order valence-corrected chi connectivity index (χ3v) is 4.77. The van der Waals surface area contributed by atoms with Gasteiger partial charge in [0.25, 0.3) is 10.0 Å². The van der Waals surface area contributed by atoms with Gasteiger partial charge in [-0.15, -0.1) is 11.3 Å². The first-order valence-corrected chi connectivity index (χ1v) is 7.83. The number of imidazole rings is 1. The summed E-state index contributed by atoms with van der Waals surface area (Å²) in [4.78, 5) is 4.46. The molecule has 0 unspecified atom stereocenters. The van der Waals surface area contributed by atoms with Crippen LogP contribution >= 0.6 is 11.3 Å². The molecule has 2 heterocycles. The summed E-state index contributed by atoms with van der Waals surface area (Å²) in [5.74, 6) is -0.525. The van der Waals surface area contributed by atoms with Crippen LogP contribution in [0.2, 0.25) is 0 Å². The molecule has 0 fully saturated rings. The summed E-state index contributed by atoms with van der Waals surface area (Å²) in [5, 5.41) is 1.58. The smallest absolute Gasteiger partial charge is 0.281 e. The lowest BCUT2D eigenvalue weighted by atomic mass is 10.3. The number of hydrogen-bond donors (Lipinski definition) is 2. The quantitative estimate of drug-likeness (QED) is 0.773. The molecule has 0 bridgehead atoms. The Bertz CT molecular complexity index is 868. The van der Waals surface area contributed by atoms with Gasteiger partial charge < -0.3 is 5.73 Å². The highest BCUT2D eigenvalue weighted by Crippen LogP contribution is 2.25. The van der Waals surface area contributed by atoms with Crippen molar-refractivity contribution >= 4 is 37.8 Å². The maximum Gasteiger partial charge on any atom is 0.281 e. The number of benzene rings is 1. The molecule has 0 aliphatic heterocycles. The van der Waals surface area contributed by atoms with Crippen LogP contribution in [0.3, 0.4) is 0 Å². The molecule has 104 valence electrons. The summed E-state index contributed by atoms with van der Waals surface area (Å²) in [6.45, 7) is 0. The number of rotatable bonds is 3. The molecule has 9 heteroatoms. The van der Waals surface area contributed by atoms with Crippen LogP contribution in [0, 0.1) is 5.82 Å². The van der Waals surface area contributed by atoms with Crippen LogP contribution in [0.4, 0.5) is 15.9 Å². The number of nitrogen functional groups attached to an aromatic ring is 1. The Morgan fingerprint density at radius 2 is 2.00 bits per heavy atom. The predicted octanol–water partition coefficient (Wildman–Crippen LogP) is 1.92. The standard InChI is InChI=1S/C11H9FN4O2S2/c12-7-1-3-8(4-2-7)15-20(17,18)10-9(13)14-11-16(10)5-6-19-11/h1-6,15H,13H2. The number of hydrogen-bond acceptors (Lipinski definition) is 5. The summed E-state index contributed by atoms with van der Waals surface area (Å²) in [5.41, 5.74) is 5.90. The van der Waals surface area contributed by atoms with Gasteiger partial charge in [0.1, 0.15) is 5.82 Å². The molecule has 0 aliphatic rings.